The highest BCUT2D eigenvalue weighted by molar-refractivity contribution is 5.48. The van der Waals surface area contributed by atoms with Gasteiger partial charge in [-0.25, -0.2) is 0 Å². The second-order valence-corrected chi connectivity index (χ2v) is 5.50. The fourth-order valence-corrected chi connectivity index (χ4v) is 2.52. The van der Waals surface area contributed by atoms with Crippen molar-refractivity contribution >= 4 is 0 Å². The highest BCUT2D eigenvalue weighted by atomic mass is 16.5. The smallest absolute Gasteiger partial charge is 0.161 e. The van der Waals surface area contributed by atoms with E-state index in [1.807, 2.05) is 13.8 Å². The van der Waals surface area contributed by atoms with Crippen LogP contribution >= 0.6 is 0 Å². The number of likely N-dealkylation sites (N-methyl/N-ethyl adjacent to an activating group) is 1. The van der Waals surface area contributed by atoms with Crippen molar-refractivity contribution in [1.82, 2.24) is 0 Å². The van der Waals surface area contributed by atoms with Crippen LogP contribution in [0.15, 0.2) is 12.1 Å². The summed E-state index contributed by atoms with van der Waals surface area (Å²) in [5.41, 5.74) is 2.82. The maximum atomic E-state index is 5.69. The van der Waals surface area contributed by atoms with Gasteiger partial charge in [0.25, 0.3) is 0 Å². The van der Waals surface area contributed by atoms with Crippen molar-refractivity contribution in [2.75, 3.05) is 33.9 Å². The van der Waals surface area contributed by atoms with Gasteiger partial charge >= 0.3 is 0 Å². The number of hydrogen-bond donors (Lipinski definition) is 0. The second-order valence-electron chi connectivity index (χ2n) is 5.50. The molecule has 0 N–H and O–H groups in total. The fourth-order valence-electron chi connectivity index (χ4n) is 2.52. The molecule has 0 unspecified atom stereocenters. The molecular weight excluding hydrogens is 226 g/mol. The summed E-state index contributed by atoms with van der Waals surface area (Å²) < 4.78 is 12.4. The van der Waals surface area contributed by atoms with Gasteiger partial charge in [0, 0.05) is 12.0 Å². The van der Waals surface area contributed by atoms with Gasteiger partial charge in [-0.1, -0.05) is 0 Å². The Balaban J connectivity index is 2.35. The van der Waals surface area contributed by atoms with Gasteiger partial charge in [0.15, 0.2) is 11.5 Å². The SMILES string of the molecule is CCOc1cc2c(cc1OCC)C[N+](C)(C)CC2. The molecule has 1 aliphatic heterocycles. The lowest BCUT2D eigenvalue weighted by Crippen LogP contribution is -2.43. The maximum absolute atomic E-state index is 5.69. The molecule has 3 heteroatoms. The van der Waals surface area contributed by atoms with Gasteiger partial charge in [0.2, 0.25) is 0 Å². The fraction of sp³-hybridized carbons (Fsp3) is 0.600. The van der Waals surface area contributed by atoms with Crippen LogP contribution in [-0.2, 0) is 13.0 Å². The number of hydrogen-bond acceptors (Lipinski definition) is 2. The molecule has 0 aliphatic carbocycles. The zero-order chi connectivity index (χ0) is 13.2. The van der Waals surface area contributed by atoms with E-state index < -0.39 is 0 Å². The summed E-state index contributed by atoms with van der Waals surface area (Å²) in [6, 6.07) is 4.34. The summed E-state index contributed by atoms with van der Waals surface area (Å²) in [6.45, 7) is 7.64. The molecule has 0 spiro atoms. The molecule has 0 fully saturated rings. The molecule has 18 heavy (non-hydrogen) atoms. The molecule has 0 radical (unpaired) electrons. The van der Waals surface area contributed by atoms with E-state index in [9.17, 15) is 0 Å². The van der Waals surface area contributed by atoms with Crippen LogP contribution < -0.4 is 9.47 Å². The molecule has 1 aromatic rings. The van der Waals surface area contributed by atoms with E-state index in [0.29, 0.717) is 13.2 Å². The standard InChI is InChI=1S/C15H24NO2/c1-5-17-14-9-12-7-8-16(3,4)11-13(12)10-15(14)18-6-2/h9-10H,5-8,11H2,1-4H3/q+1. The molecule has 100 valence electrons. The van der Waals surface area contributed by atoms with E-state index in [1.165, 1.54) is 17.7 Å². The molecule has 0 saturated heterocycles. The largest absolute Gasteiger partial charge is 0.490 e. The molecule has 0 bridgehead atoms. The number of rotatable bonds is 4. The summed E-state index contributed by atoms with van der Waals surface area (Å²) >= 11 is 0. The van der Waals surface area contributed by atoms with Gasteiger partial charge in [-0.2, -0.15) is 0 Å². The first-order valence-corrected chi connectivity index (χ1v) is 6.79. The van der Waals surface area contributed by atoms with Crippen LogP contribution in [0.1, 0.15) is 25.0 Å². The molecular formula is C15H24NO2+. The molecule has 1 heterocycles. The first-order valence-electron chi connectivity index (χ1n) is 6.79. The average molecular weight is 250 g/mol. The Morgan fingerprint density at radius 3 is 2.11 bits per heavy atom. The van der Waals surface area contributed by atoms with Crippen LogP contribution in [-0.4, -0.2) is 38.3 Å². The van der Waals surface area contributed by atoms with Crippen LogP contribution in [0.4, 0.5) is 0 Å². The monoisotopic (exact) mass is 250 g/mol. The predicted octanol–water partition coefficient (Wildman–Crippen LogP) is 2.62. The Bertz CT molecular complexity index is 427. The lowest BCUT2D eigenvalue weighted by molar-refractivity contribution is -0.905. The number of quaternary nitrogens is 1. The highest BCUT2D eigenvalue weighted by Crippen LogP contribution is 2.34. The Kier molecular flexibility index (Phi) is 3.81. The van der Waals surface area contributed by atoms with Crippen LogP contribution in [0.3, 0.4) is 0 Å². The van der Waals surface area contributed by atoms with Gasteiger partial charge in [-0.3, -0.25) is 0 Å². The molecule has 0 aromatic heterocycles. The molecule has 0 saturated carbocycles. The quantitative estimate of drug-likeness (QED) is 0.765. The zero-order valence-corrected chi connectivity index (χ0v) is 12.0. The maximum Gasteiger partial charge on any atom is 0.161 e. The minimum Gasteiger partial charge on any atom is -0.490 e. The van der Waals surface area contributed by atoms with E-state index in [-0.39, 0.29) is 0 Å². The minimum absolute atomic E-state index is 0.678. The van der Waals surface area contributed by atoms with Gasteiger partial charge in [0.1, 0.15) is 6.54 Å². The van der Waals surface area contributed by atoms with Crippen molar-refractivity contribution in [1.29, 1.82) is 0 Å². The first kappa shape index (κ1) is 13.2. The van der Waals surface area contributed by atoms with E-state index >= 15 is 0 Å². The summed E-state index contributed by atoms with van der Waals surface area (Å²) in [7, 11) is 4.56. The normalized spacial score (nSPS) is 17.1. The predicted molar refractivity (Wildman–Crippen MR) is 73.2 cm³/mol. The third kappa shape index (κ3) is 2.78. The van der Waals surface area contributed by atoms with Crippen molar-refractivity contribution < 1.29 is 14.0 Å². The number of nitrogens with zero attached hydrogens (tertiary/aromatic N) is 1. The highest BCUT2D eigenvalue weighted by Gasteiger charge is 2.25. The second kappa shape index (κ2) is 5.19. The summed E-state index contributed by atoms with van der Waals surface area (Å²) in [5, 5.41) is 0. The van der Waals surface area contributed by atoms with Gasteiger partial charge in [-0.15, -0.1) is 0 Å². The van der Waals surface area contributed by atoms with Crippen molar-refractivity contribution in [3.05, 3.63) is 23.3 Å². The van der Waals surface area contributed by atoms with Crippen LogP contribution in [0.2, 0.25) is 0 Å². The third-order valence-electron chi connectivity index (χ3n) is 3.45. The van der Waals surface area contributed by atoms with E-state index in [2.05, 4.69) is 26.2 Å². The minimum atomic E-state index is 0.678. The molecule has 1 aliphatic rings. The Morgan fingerprint density at radius 2 is 1.56 bits per heavy atom. The summed E-state index contributed by atoms with van der Waals surface area (Å²) in [6.07, 6.45) is 1.12. The topological polar surface area (TPSA) is 18.5 Å². The number of fused-ring (bicyclic) bond motifs is 1. The van der Waals surface area contributed by atoms with Crippen LogP contribution in [0, 0.1) is 0 Å². The van der Waals surface area contributed by atoms with Crippen molar-refractivity contribution in [3.8, 4) is 11.5 Å². The van der Waals surface area contributed by atoms with E-state index in [0.717, 1.165) is 28.9 Å². The summed E-state index contributed by atoms with van der Waals surface area (Å²) in [5.74, 6) is 1.78. The van der Waals surface area contributed by atoms with E-state index in [1.54, 1.807) is 0 Å². The molecule has 2 rings (SSSR count). The van der Waals surface area contributed by atoms with Crippen LogP contribution in [0.5, 0.6) is 11.5 Å². The Hall–Kier alpha value is -1.22. The van der Waals surface area contributed by atoms with Gasteiger partial charge in [0.05, 0.1) is 33.9 Å². The van der Waals surface area contributed by atoms with Gasteiger partial charge < -0.3 is 14.0 Å². The lowest BCUT2D eigenvalue weighted by Gasteiger charge is -2.35. The van der Waals surface area contributed by atoms with E-state index in [4.69, 9.17) is 9.47 Å². The Labute approximate surface area is 110 Å². The Morgan fingerprint density at radius 1 is 1.00 bits per heavy atom. The average Bonchev–Trinajstić information content (AvgIpc) is 2.30. The van der Waals surface area contributed by atoms with Crippen LogP contribution in [0.25, 0.3) is 0 Å². The number of benzene rings is 1. The van der Waals surface area contributed by atoms with Gasteiger partial charge in [-0.05, 0) is 31.5 Å². The zero-order valence-electron chi connectivity index (χ0n) is 12.0. The molecule has 1 aromatic carbocycles. The molecule has 3 nitrogen and oxygen atoms in total. The number of ether oxygens (including phenoxy) is 2. The van der Waals surface area contributed by atoms with Crippen molar-refractivity contribution in [2.24, 2.45) is 0 Å². The summed E-state index contributed by atoms with van der Waals surface area (Å²) in [4.78, 5) is 0. The molecule has 0 atom stereocenters. The lowest BCUT2D eigenvalue weighted by atomic mass is 9.98. The third-order valence-corrected chi connectivity index (χ3v) is 3.45. The molecule has 0 amide bonds. The first-order chi connectivity index (χ1) is 8.55. The van der Waals surface area contributed by atoms with Crippen molar-refractivity contribution in [3.63, 3.8) is 0 Å². The van der Waals surface area contributed by atoms with Crippen molar-refractivity contribution in [2.45, 2.75) is 26.8 Å².